The standard InChI is InChI=1S/C21H19F3N4O.CH2N2/c1-13-4-2-5-14(10-13)18-12-26-20-19(25-8-3-9-29)27-16-11-15(21(22,23)24)6-7-17(16)28(18)20;2-1-3/h2,4-7,10-12,29H,3,8-9H2,1H3,(H,25,27);2H2. The van der Waals surface area contributed by atoms with Crippen LogP contribution in [-0.2, 0) is 6.18 Å². The highest BCUT2D eigenvalue weighted by Gasteiger charge is 2.31. The van der Waals surface area contributed by atoms with Crippen LogP contribution in [0, 0.1) is 18.4 Å². The summed E-state index contributed by atoms with van der Waals surface area (Å²) in [5, 5.41) is 19.2. The van der Waals surface area contributed by atoms with Crippen LogP contribution in [0.5, 0.6) is 0 Å². The monoisotopic (exact) mass is 442 g/mol. The number of anilines is 1. The minimum absolute atomic E-state index is 0.00191. The van der Waals surface area contributed by atoms with Gasteiger partial charge in [0.2, 0.25) is 0 Å². The zero-order valence-corrected chi connectivity index (χ0v) is 17.2. The fourth-order valence-electron chi connectivity index (χ4n) is 3.32. The minimum Gasteiger partial charge on any atom is -0.396 e. The van der Waals surface area contributed by atoms with E-state index in [1.807, 2.05) is 35.6 Å². The van der Waals surface area contributed by atoms with E-state index in [1.54, 1.807) is 6.20 Å². The van der Waals surface area contributed by atoms with Gasteiger partial charge in [-0.05, 0) is 37.6 Å². The normalized spacial score (nSPS) is 11.1. The van der Waals surface area contributed by atoms with Crippen molar-refractivity contribution in [1.82, 2.24) is 14.4 Å². The van der Waals surface area contributed by atoms with Gasteiger partial charge >= 0.3 is 6.18 Å². The van der Waals surface area contributed by atoms with Crippen LogP contribution >= 0.6 is 0 Å². The number of alkyl halides is 3. The van der Waals surface area contributed by atoms with E-state index in [4.69, 9.17) is 10.4 Å². The molecule has 2 heterocycles. The Balaban J connectivity index is 0.000000913. The number of aliphatic hydroxyl groups is 1. The second-order valence-electron chi connectivity index (χ2n) is 6.97. The summed E-state index contributed by atoms with van der Waals surface area (Å²) >= 11 is 0. The first-order valence-corrected chi connectivity index (χ1v) is 9.70. The molecule has 4 N–H and O–H groups in total. The van der Waals surface area contributed by atoms with Crippen LogP contribution in [0.25, 0.3) is 27.9 Å². The molecule has 0 amide bonds. The first kappa shape index (κ1) is 22.8. The van der Waals surface area contributed by atoms with Crippen molar-refractivity contribution >= 4 is 22.5 Å². The molecule has 0 radical (unpaired) electrons. The molecule has 0 spiro atoms. The summed E-state index contributed by atoms with van der Waals surface area (Å²) in [4.78, 5) is 8.88. The molecule has 0 saturated heterocycles. The van der Waals surface area contributed by atoms with Crippen LogP contribution in [0.1, 0.15) is 17.5 Å². The Labute approximate surface area is 181 Å². The molecule has 2 aromatic carbocycles. The number of rotatable bonds is 5. The quantitative estimate of drug-likeness (QED) is 0.244. The van der Waals surface area contributed by atoms with Gasteiger partial charge in [-0.2, -0.15) is 18.4 Å². The lowest BCUT2D eigenvalue weighted by Crippen LogP contribution is -2.09. The van der Waals surface area contributed by atoms with E-state index in [0.717, 1.165) is 29.0 Å². The molecule has 0 aliphatic carbocycles. The summed E-state index contributed by atoms with van der Waals surface area (Å²) in [6.07, 6.45) is -1.02. The largest absolute Gasteiger partial charge is 0.416 e. The Kier molecular flexibility index (Phi) is 6.80. The molecule has 0 aliphatic heterocycles. The molecule has 0 saturated carbocycles. The van der Waals surface area contributed by atoms with E-state index in [2.05, 4.69) is 21.0 Å². The smallest absolute Gasteiger partial charge is 0.396 e. The van der Waals surface area contributed by atoms with Crippen molar-refractivity contribution in [3.8, 4) is 17.5 Å². The highest BCUT2D eigenvalue weighted by molar-refractivity contribution is 5.86. The predicted molar refractivity (Wildman–Crippen MR) is 116 cm³/mol. The van der Waals surface area contributed by atoms with Crippen LogP contribution in [0.2, 0.25) is 0 Å². The lowest BCUT2D eigenvalue weighted by molar-refractivity contribution is -0.137. The second-order valence-corrected chi connectivity index (χ2v) is 6.97. The van der Waals surface area contributed by atoms with E-state index < -0.39 is 11.7 Å². The summed E-state index contributed by atoms with van der Waals surface area (Å²) in [7, 11) is 0. The molecule has 0 bridgehead atoms. The number of nitrogens with one attached hydrogen (secondary N) is 1. The zero-order chi connectivity index (χ0) is 23.3. The van der Waals surface area contributed by atoms with Crippen molar-refractivity contribution in [1.29, 1.82) is 5.26 Å². The minimum atomic E-state index is -4.45. The summed E-state index contributed by atoms with van der Waals surface area (Å²) in [5.74, 6) is 0.379. The first-order valence-electron chi connectivity index (χ1n) is 9.70. The summed E-state index contributed by atoms with van der Waals surface area (Å²) in [6, 6.07) is 11.4. The number of halogens is 3. The van der Waals surface area contributed by atoms with E-state index in [1.165, 1.54) is 12.3 Å². The van der Waals surface area contributed by atoms with Gasteiger partial charge in [0.15, 0.2) is 17.7 Å². The summed E-state index contributed by atoms with van der Waals surface area (Å²) in [6.45, 7) is 2.40. The molecular weight excluding hydrogens is 421 g/mol. The number of nitriles is 1. The number of aryl methyl sites for hydroxylation is 1. The lowest BCUT2D eigenvalue weighted by atomic mass is 10.1. The van der Waals surface area contributed by atoms with Gasteiger partial charge in [-0.1, -0.05) is 23.8 Å². The van der Waals surface area contributed by atoms with Crippen LogP contribution in [0.3, 0.4) is 0 Å². The third-order valence-corrected chi connectivity index (χ3v) is 4.69. The molecule has 4 rings (SSSR count). The molecular formula is C22H21F3N6O. The molecule has 32 heavy (non-hydrogen) atoms. The number of nitrogens with two attached hydrogens (primary N) is 1. The van der Waals surface area contributed by atoms with Crippen LogP contribution in [0.15, 0.2) is 48.7 Å². The summed E-state index contributed by atoms with van der Waals surface area (Å²) in [5.41, 5.74) is 7.41. The van der Waals surface area contributed by atoms with Crippen molar-refractivity contribution in [3.05, 3.63) is 59.8 Å². The molecule has 0 aliphatic rings. The number of fused-ring (bicyclic) bond motifs is 3. The van der Waals surface area contributed by atoms with Crippen molar-refractivity contribution in [2.24, 2.45) is 5.73 Å². The number of imidazole rings is 1. The van der Waals surface area contributed by atoms with Crippen LogP contribution < -0.4 is 11.1 Å². The van der Waals surface area contributed by atoms with Crippen molar-refractivity contribution < 1.29 is 18.3 Å². The molecule has 7 nitrogen and oxygen atoms in total. The molecule has 0 fully saturated rings. The molecule has 0 atom stereocenters. The Bertz CT molecular complexity index is 1280. The Morgan fingerprint density at radius 1 is 1.22 bits per heavy atom. The van der Waals surface area contributed by atoms with Gasteiger partial charge in [-0.15, -0.1) is 0 Å². The maximum Gasteiger partial charge on any atom is 0.416 e. The Morgan fingerprint density at radius 2 is 1.97 bits per heavy atom. The van der Waals surface area contributed by atoms with Gasteiger partial charge < -0.3 is 16.2 Å². The maximum absolute atomic E-state index is 13.2. The fourth-order valence-corrected chi connectivity index (χ4v) is 3.32. The SMILES string of the molecule is Cc1cccc(-c2cnc3c(NCCCO)nc4cc(C(F)(F)F)ccc4n23)c1.N#CN. The Hall–Kier alpha value is -3.84. The van der Waals surface area contributed by atoms with E-state index in [-0.39, 0.29) is 12.1 Å². The van der Waals surface area contributed by atoms with Gasteiger partial charge in [0.05, 0.1) is 28.5 Å². The van der Waals surface area contributed by atoms with Crippen molar-refractivity contribution in [2.75, 3.05) is 18.5 Å². The molecule has 166 valence electrons. The summed E-state index contributed by atoms with van der Waals surface area (Å²) < 4.78 is 41.5. The highest BCUT2D eigenvalue weighted by atomic mass is 19.4. The van der Waals surface area contributed by atoms with Gasteiger partial charge in [0.25, 0.3) is 0 Å². The lowest BCUT2D eigenvalue weighted by Gasteiger charge is -2.13. The Morgan fingerprint density at radius 3 is 2.62 bits per heavy atom. The van der Waals surface area contributed by atoms with E-state index >= 15 is 0 Å². The number of hydrogen-bond acceptors (Lipinski definition) is 6. The third kappa shape index (κ3) is 4.73. The van der Waals surface area contributed by atoms with Gasteiger partial charge in [0.1, 0.15) is 0 Å². The fraction of sp³-hybridized carbons (Fsp3) is 0.227. The van der Waals surface area contributed by atoms with Crippen molar-refractivity contribution in [3.63, 3.8) is 0 Å². The van der Waals surface area contributed by atoms with E-state index in [9.17, 15) is 13.2 Å². The average molecular weight is 442 g/mol. The maximum atomic E-state index is 13.2. The van der Waals surface area contributed by atoms with Gasteiger partial charge in [0, 0.05) is 18.7 Å². The van der Waals surface area contributed by atoms with Crippen LogP contribution in [-0.4, -0.2) is 32.6 Å². The topological polar surface area (TPSA) is 112 Å². The van der Waals surface area contributed by atoms with Gasteiger partial charge in [-0.25, -0.2) is 9.97 Å². The molecule has 0 unspecified atom stereocenters. The number of aliphatic hydroxyl groups excluding tert-OH is 1. The first-order chi connectivity index (χ1) is 15.3. The number of nitrogens with zero attached hydrogens (tertiary/aromatic N) is 4. The average Bonchev–Trinajstić information content (AvgIpc) is 3.19. The van der Waals surface area contributed by atoms with Crippen molar-refractivity contribution in [2.45, 2.75) is 19.5 Å². The second kappa shape index (κ2) is 9.53. The molecule has 10 heteroatoms. The van der Waals surface area contributed by atoms with E-state index in [0.29, 0.717) is 29.9 Å². The number of hydrogen-bond donors (Lipinski definition) is 3. The zero-order valence-electron chi connectivity index (χ0n) is 17.2. The van der Waals surface area contributed by atoms with Gasteiger partial charge in [-0.3, -0.25) is 4.40 Å². The molecule has 2 aromatic heterocycles. The molecule has 4 aromatic rings. The number of aromatic nitrogens is 3. The number of benzene rings is 2. The third-order valence-electron chi connectivity index (χ3n) is 4.69. The van der Waals surface area contributed by atoms with Crippen LogP contribution in [0.4, 0.5) is 19.0 Å². The predicted octanol–water partition coefficient (Wildman–Crippen LogP) is 4.10. The highest BCUT2D eigenvalue weighted by Crippen LogP contribution is 2.34.